The lowest BCUT2D eigenvalue weighted by molar-refractivity contribution is -0.143. The molecule has 0 saturated heterocycles. The Morgan fingerprint density at radius 2 is 2.20 bits per heavy atom. The van der Waals surface area contributed by atoms with Crippen molar-refractivity contribution in [1.82, 2.24) is 4.90 Å². The fourth-order valence-electron chi connectivity index (χ4n) is 1.40. The van der Waals surface area contributed by atoms with Crippen molar-refractivity contribution in [2.45, 2.75) is 19.4 Å². The Morgan fingerprint density at radius 3 is 2.80 bits per heavy atom. The van der Waals surface area contributed by atoms with Gasteiger partial charge in [-0.3, -0.25) is 9.59 Å². The van der Waals surface area contributed by atoms with Crippen LogP contribution in [0.5, 0.6) is 0 Å². The lowest BCUT2D eigenvalue weighted by Crippen LogP contribution is -2.42. The third-order valence-electron chi connectivity index (χ3n) is 2.74. The van der Waals surface area contributed by atoms with Gasteiger partial charge in [-0.05, 0) is 25.1 Å². The molecule has 0 radical (unpaired) electrons. The van der Waals surface area contributed by atoms with Gasteiger partial charge in [0.1, 0.15) is 5.82 Å². The number of halogens is 2. The van der Waals surface area contributed by atoms with Crippen molar-refractivity contribution in [2.75, 3.05) is 12.4 Å². The molecule has 1 aromatic carbocycles. The number of carbonyl (C=O) groups is 2. The Hall–Kier alpha value is -2.13. The van der Waals surface area contributed by atoms with Gasteiger partial charge < -0.3 is 10.2 Å². The van der Waals surface area contributed by atoms with E-state index < -0.39 is 23.7 Å². The molecule has 1 atom stereocenters. The predicted molar refractivity (Wildman–Crippen MR) is 72.5 cm³/mol. The van der Waals surface area contributed by atoms with E-state index in [2.05, 4.69) is 5.32 Å². The number of likely N-dealkylation sites (N-methyl/N-ethyl adjacent to an activating group) is 1. The summed E-state index contributed by atoms with van der Waals surface area (Å²) in [5.74, 6) is -2.35. The fraction of sp³-hybridized carbons (Fsp3) is 0.308. The topological polar surface area (TPSA) is 73.2 Å². The number of hydrogen-bond donors (Lipinski definition) is 1. The zero-order valence-electron chi connectivity index (χ0n) is 11.0. The molecular weight excluding hydrogens is 285 g/mol. The van der Waals surface area contributed by atoms with Crippen molar-refractivity contribution < 1.29 is 14.0 Å². The molecule has 0 fully saturated rings. The number of nitriles is 1. The number of benzene rings is 1. The van der Waals surface area contributed by atoms with Gasteiger partial charge in [0.25, 0.3) is 0 Å². The molecule has 7 heteroatoms. The van der Waals surface area contributed by atoms with Crippen LogP contribution in [0.1, 0.15) is 13.3 Å². The van der Waals surface area contributed by atoms with E-state index in [1.807, 2.05) is 6.07 Å². The van der Waals surface area contributed by atoms with Gasteiger partial charge in [-0.15, -0.1) is 0 Å². The Morgan fingerprint density at radius 1 is 1.55 bits per heavy atom. The molecule has 0 bridgehead atoms. The normalized spacial score (nSPS) is 11.3. The van der Waals surface area contributed by atoms with Crippen LogP contribution in [-0.2, 0) is 9.59 Å². The van der Waals surface area contributed by atoms with Crippen molar-refractivity contribution in [3.05, 3.63) is 29.0 Å². The molecule has 20 heavy (non-hydrogen) atoms. The molecule has 1 rings (SSSR count). The zero-order valence-corrected chi connectivity index (χ0v) is 11.7. The molecule has 1 unspecified atom stereocenters. The number of carbonyl (C=O) groups excluding carboxylic acids is 2. The van der Waals surface area contributed by atoms with Crippen molar-refractivity contribution in [1.29, 1.82) is 5.26 Å². The number of rotatable bonds is 3. The Balaban J connectivity index is 2.78. The first-order chi connectivity index (χ1) is 9.36. The van der Waals surface area contributed by atoms with Gasteiger partial charge in [-0.1, -0.05) is 11.6 Å². The van der Waals surface area contributed by atoms with E-state index in [9.17, 15) is 14.0 Å². The van der Waals surface area contributed by atoms with Crippen LogP contribution in [0.2, 0.25) is 5.02 Å². The van der Waals surface area contributed by atoms with Gasteiger partial charge >= 0.3 is 11.8 Å². The van der Waals surface area contributed by atoms with E-state index in [0.717, 1.165) is 17.0 Å². The van der Waals surface area contributed by atoms with Crippen molar-refractivity contribution in [3.8, 4) is 6.07 Å². The fourth-order valence-corrected chi connectivity index (χ4v) is 1.56. The summed E-state index contributed by atoms with van der Waals surface area (Å²) in [6.07, 6.45) is 0.107. The molecule has 106 valence electrons. The molecule has 0 spiro atoms. The Labute approximate surface area is 120 Å². The van der Waals surface area contributed by atoms with E-state index in [1.54, 1.807) is 6.92 Å². The summed E-state index contributed by atoms with van der Waals surface area (Å²) < 4.78 is 13.0. The largest absolute Gasteiger partial charge is 0.334 e. The first-order valence-corrected chi connectivity index (χ1v) is 6.14. The van der Waals surface area contributed by atoms with Crippen LogP contribution in [0.4, 0.5) is 10.1 Å². The maximum Gasteiger partial charge on any atom is 0.313 e. The second-order valence-corrected chi connectivity index (χ2v) is 4.61. The summed E-state index contributed by atoms with van der Waals surface area (Å²) in [6.45, 7) is 1.64. The highest BCUT2D eigenvalue weighted by molar-refractivity contribution is 6.41. The van der Waals surface area contributed by atoms with Gasteiger partial charge in [0.05, 0.1) is 23.2 Å². The van der Waals surface area contributed by atoms with Crippen LogP contribution >= 0.6 is 11.6 Å². The maximum absolute atomic E-state index is 13.0. The number of nitrogens with zero attached hydrogens (tertiary/aromatic N) is 2. The number of anilines is 1. The number of amides is 2. The SMILES string of the molecule is CC(CC#N)N(C)C(=O)C(=O)Nc1cc(F)ccc1Cl. The third-order valence-corrected chi connectivity index (χ3v) is 3.07. The van der Waals surface area contributed by atoms with Crippen molar-refractivity contribution in [2.24, 2.45) is 0 Å². The first-order valence-electron chi connectivity index (χ1n) is 5.77. The van der Waals surface area contributed by atoms with Crippen LogP contribution in [0.25, 0.3) is 0 Å². The minimum Gasteiger partial charge on any atom is -0.334 e. The van der Waals surface area contributed by atoms with Gasteiger partial charge in [0.15, 0.2) is 0 Å². The lowest BCUT2D eigenvalue weighted by Gasteiger charge is -2.22. The highest BCUT2D eigenvalue weighted by Gasteiger charge is 2.23. The second kappa shape index (κ2) is 6.87. The monoisotopic (exact) mass is 297 g/mol. The number of nitrogens with one attached hydrogen (secondary N) is 1. The van der Waals surface area contributed by atoms with Gasteiger partial charge in [-0.2, -0.15) is 5.26 Å². The molecular formula is C13H13ClFN3O2. The van der Waals surface area contributed by atoms with Gasteiger partial charge in [0, 0.05) is 13.1 Å². The van der Waals surface area contributed by atoms with Crippen LogP contribution in [0, 0.1) is 17.1 Å². The first kappa shape index (κ1) is 15.9. The molecule has 0 aliphatic rings. The van der Waals surface area contributed by atoms with E-state index in [0.29, 0.717) is 0 Å². The average molecular weight is 298 g/mol. The second-order valence-electron chi connectivity index (χ2n) is 4.21. The smallest absolute Gasteiger partial charge is 0.313 e. The molecule has 5 nitrogen and oxygen atoms in total. The molecule has 0 aromatic heterocycles. The Bertz CT molecular complexity index is 571. The highest BCUT2D eigenvalue weighted by Crippen LogP contribution is 2.22. The minimum absolute atomic E-state index is 0.0198. The van der Waals surface area contributed by atoms with Crippen LogP contribution < -0.4 is 5.32 Å². The predicted octanol–water partition coefficient (Wildman–Crippen LogP) is 2.18. The van der Waals surface area contributed by atoms with Gasteiger partial charge in [-0.25, -0.2) is 4.39 Å². The molecule has 1 N–H and O–H groups in total. The maximum atomic E-state index is 13.0. The quantitative estimate of drug-likeness (QED) is 0.869. The molecule has 1 aromatic rings. The van der Waals surface area contributed by atoms with E-state index in [4.69, 9.17) is 16.9 Å². The average Bonchev–Trinajstić information content (AvgIpc) is 2.41. The van der Waals surface area contributed by atoms with Crippen LogP contribution in [0.3, 0.4) is 0 Å². The van der Waals surface area contributed by atoms with Crippen molar-refractivity contribution >= 4 is 29.1 Å². The van der Waals surface area contributed by atoms with Crippen LogP contribution in [0.15, 0.2) is 18.2 Å². The van der Waals surface area contributed by atoms with Crippen molar-refractivity contribution in [3.63, 3.8) is 0 Å². The summed E-state index contributed by atoms with van der Waals surface area (Å²) in [6, 6.07) is 4.95. The summed E-state index contributed by atoms with van der Waals surface area (Å²) in [7, 11) is 1.41. The highest BCUT2D eigenvalue weighted by atomic mass is 35.5. The molecule has 0 saturated carbocycles. The summed E-state index contributed by atoms with van der Waals surface area (Å²) in [4.78, 5) is 24.7. The molecule has 2 amide bonds. The number of hydrogen-bond acceptors (Lipinski definition) is 3. The zero-order chi connectivity index (χ0) is 15.3. The summed E-state index contributed by atoms with van der Waals surface area (Å²) in [5, 5.41) is 10.9. The van der Waals surface area contributed by atoms with E-state index in [-0.39, 0.29) is 17.1 Å². The molecule has 0 aliphatic carbocycles. The van der Waals surface area contributed by atoms with Gasteiger partial charge in [0.2, 0.25) is 0 Å². The standard InChI is InChI=1S/C13H13ClFN3O2/c1-8(5-6-16)18(2)13(20)12(19)17-11-7-9(15)3-4-10(11)14/h3-4,7-8H,5H2,1-2H3,(H,17,19). The minimum atomic E-state index is -0.940. The van der Waals surface area contributed by atoms with E-state index >= 15 is 0 Å². The molecule has 0 heterocycles. The van der Waals surface area contributed by atoms with Crippen LogP contribution in [-0.4, -0.2) is 29.8 Å². The molecule has 0 aliphatic heterocycles. The summed E-state index contributed by atoms with van der Waals surface area (Å²) >= 11 is 5.79. The lowest BCUT2D eigenvalue weighted by atomic mass is 10.2. The Kier molecular flexibility index (Phi) is 5.47. The van der Waals surface area contributed by atoms with E-state index in [1.165, 1.54) is 13.1 Å². The third kappa shape index (κ3) is 3.93. The summed E-state index contributed by atoms with van der Waals surface area (Å²) in [5.41, 5.74) is 0.0198.